The number of carbonyl (C=O) groups is 2. The first kappa shape index (κ1) is 19.3. The molecule has 0 aromatic heterocycles. The minimum Gasteiger partial charge on any atom is -0.452 e. The highest BCUT2D eigenvalue weighted by molar-refractivity contribution is 6.35. The number of benzene rings is 2. The molecular formula is C19H19Cl2NO3. The molecule has 25 heavy (non-hydrogen) atoms. The molecule has 2 aromatic carbocycles. The van der Waals surface area contributed by atoms with Crippen molar-refractivity contribution < 1.29 is 14.3 Å². The number of halogens is 2. The van der Waals surface area contributed by atoms with E-state index in [1.807, 2.05) is 38.1 Å². The molecule has 0 radical (unpaired) electrons. The first-order chi connectivity index (χ1) is 11.9. The van der Waals surface area contributed by atoms with Crippen molar-refractivity contribution in [2.24, 2.45) is 0 Å². The fourth-order valence-corrected chi connectivity index (χ4v) is 2.87. The average molecular weight is 380 g/mol. The van der Waals surface area contributed by atoms with E-state index in [-0.39, 0.29) is 24.1 Å². The lowest BCUT2D eigenvalue weighted by Crippen LogP contribution is -2.32. The van der Waals surface area contributed by atoms with Crippen molar-refractivity contribution in [3.8, 4) is 0 Å². The van der Waals surface area contributed by atoms with Crippen LogP contribution in [0.25, 0.3) is 0 Å². The maximum Gasteiger partial charge on any atom is 0.338 e. The van der Waals surface area contributed by atoms with E-state index in [2.05, 4.69) is 5.32 Å². The van der Waals surface area contributed by atoms with Gasteiger partial charge in [-0.2, -0.15) is 0 Å². The van der Waals surface area contributed by atoms with Crippen molar-refractivity contribution >= 4 is 35.1 Å². The monoisotopic (exact) mass is 379 g/mol. The summed E-state index contributed by atoms with van der Waals surface area (Å²) in [6.45, 7) is 3.61. The third kappa shape index (κ3) is 5.76. The van der Waals surface area contributed by atoms with E-state index in [0.29, 0.717) is 10.0 Å². The molecule has 0 saturated carbocycles. The third-order valence-corrected chi connectivity index (χ3v) is 4.09. The van der Waals surface area contributed by atoms with Gasteiger partial charge in [-0.25, -0.2) is 4.79 Å². The third-order valence-electron chi connectivity index (χ3n) is 3.66. The van der Waals surface area contributed by atoms with Crippen molar-refractivity contribution in [1.29, 1.82) is 0 Å². The lowest BCUT2D eigenvalue weighted by molar-refractivity contribution is -0.125. The Balaban J connectivity index is 1.92. The molecule has 6 heteroatoms. The zero-order valence-corrected chi connectivity index (χ0v) is 15.5. The maximum absolute atomic E-state index is 12.1. The molecule has 0 aliphatic heterocycles. The number of nitrogens with one attached hydrogen (secondary N) is 1. The highest BCUT2D eigenvalue weighted by atomic mass is 35.5. The number of aryl methyl sites for hydroxylation is 1. The second-order valence-electron chi connectivity index (χ2n) is 5.67. The number of rotatable bonds is 6. The van der Waals surface area contributed by atoms with Crippen LogP contribution in [0, 0.1) is 6.92 Å². The first-order valence-electron chi connectivity index (χ1n) is 7.88. The van der Waals surface area contributed by atoms with E-state index in [0.717, 1.165) is 17.5 Å². The van der Waals surface area contributed by atoms with Gasteiger partial charge in [0.2, 0.25) is 0 Å². The Hall–Kier alpha value is -2.04. The molecular weight excluding hydrogens is 361 g/mol. The SMILES string of the molecule is CC[C@@H](NC(=O)COC(=O)c1cc(Cl)cc(Cl)c1)c1ccc(C)cc1. The first-order valence-corrected chi connectivity index (χ1v) is 8.63. The van der Waals surface area contributed by atoms with Gasteiger partial charge in [-0.15, -0.1) is 0 Å². The maximum atomic E-state index is 12.1. The van der Waals surface area contributed by atoms with Crippen LogP contribution in [0.4, 0.5) is 0 Å². The summed E-state index contributed by atoms with van der Waals surface area (Å²) in [7, 11) is 0. The number of esters is 1. The lowest BCUT2D eigenvalue weighted by Gasteiger charge is -2.17. The van der Waals surface area contributed by atoms with E-state index in [1.54, 1.807) is 0 Å². The fourth-order valence-electron chi connectivity index (χ4n) is 2.34. The minimum absolute atomic E-state index is 0.132. The van der Waals surface area contributed by atoms with Gasteiger partial charge < -0.3 is 10.1 Å². The molecule has 0 aliphatic rings. The lowest BCUT2D eigenvalue weighted by atomic mass is 10.0. The van der Waals surface area contributed by atoms with Gasteiger partial charge in [0.05, 0.1) is 11.6 Å². The van der Waals surface area contributed by atoms with E-state index in [9.17, 15) is 9.59 Å². The summed E-state index contributed by atoms with van der Waals surface area (Å²) in [6.07, 6.45) is 0.729. The molecule has 0 spiro atoms. The van der Waals surface area contributed by atoms with Crippen LogP contribution in [0.2, 0.25) is 10.0 Å². The van der Waals surface area contributed by atoms with Crippen LogP contribution in [0.1, 0.15) is 40.9 Å². The van der Waals surface area contributed by atoms with Crippen LogP contribution in [-0.2, 0) is 9.53 Å². The molecule has 1 N–H and O–H groups in total. The van der Waals surface area contributed by atoms with Gasteiger partial charge in [-0.05, 0) is 37.1 Å². The van der Waals surface area contributed by atoms with Gasteiger partial charge in [0.15, 0.2) is 6.61 Å². The molecule has 1 amide bonds. The van der Waals surface area contributed by atoms with Crippen molar-refractivity contribution in [3.63, 3.8) is 0 Å². The summed E-state index contributed by atoms with van der Waals surface area (Å²) in [5, 5.41) is 3.52. The number of carbonyl (C=O) groups excluding carboxylic acids is 2. The largest absolute Gasteiger partial charge is 0.452 e. The zero-order valence-electron chi connectivity index (χ0n) is 14.0. The second kappa shape index (κ2) is 8.88. The topological polar surface area (TPSA) is 55.4 Å². The smallest absolute Gasteiger partial charge is 0.338 e. The molecule has 0 saturated heterocycles. The van der Waals surface area contributed by atoms with Crippen LogP contribution in [0.3, 0.4) is 0 Å². The van der Waals surface area contributed by atoms with Crippen LogP contribution >= 0.6 is 23.2 Å². The van der Waals surface area contributed by atoms with Crippen LogP contribution in [0.15, 0.2) is 42.5 Å². The Morgan fingerprint density at radius 3 is 2.24 bits per heavy atom. The van der Waals surface area contributed by atoms with Gasteiger partial charge in [0.1, 0.15) is 0 Å². The van der Waals surface area contributed by atoms with Gasteiger partial charge >= 0.3 is 5.97 Å². The van der Waals surface area contributed by atoms with Crippen LogP contribution < -0.4 is 5.32 Å². The molecule has 0 bridgehead atoms. The Kier molecular flexibility index (Phi) is 6.85. The molecule has 0 aliphatic carbocycles. The molecule has 2 aromatic rings. The van der Waals surface area contributed by atoms with Gasteiger partial charge in [0.25, 0.3) is 5.91 Å². The molecule has 2 rings (SSSR count). The normalized spacial score (nSPS) is 11.7. The predicted octanol–water partition coefficient (Wildman–Crippen LogP) is 4.73. The zero-order chi connectivity index (χ0) is 18.4. The number of amides is 1. The Morgan fingerprint density at radius 2 is 1.68 bits per heavy atom. The molecule has 132 valence electrons. The molecule has 0 unspecified atom stereocenters. The summed E-state index contributed by atoms with van der Waals surface area (Å²) >= 11 is 11.7. The number of ether oxygens (including phenoxy) is 1. The Bertz CT molecular complexity index is 740. The highest BCUT2D eigenvalue weighted by Crippen LogP contribution is 2.20. The van der Waals surface area contributed by atoms with E-state index in [1.165, 1.54) is 18.2 Å². The van der Waals surface area contributed by atoms with Crippen LogP contribution in [-0.4, -0.2) is 18.5 Å². The molecule has 0 fully saturated rings. The predicted molar refractivity (Wildman–Crippen MR) is 99.1 cm³/mol. The van der Waals surface area contributed by atoms with Gasteiger partial charge in [0, 0.05) is 10.0 Å². The quantitative estimate of drug-likeness (QED) is 0.738. The highest BCUT2D eigenvalue weighted by Gasteiger charge is 2.15. The standard InChI is InChI=1S/C19H19Cl2NO3/c1-3-17(13-6-4-12(2)5-7-13)22-18(23)11-25-19(24)14-8-15(20)10-16(21)9-14/h4-10,17H,3,11H2,1-2H3,(H,22,23)/t17-/m1/s1. The summed E-state index contributed by atoms with van der Waals surface area (Å²) < 4.78 is 5.03. The van der Waals surface area contributed by atoms with Gasteiger partial charge in [-0.3, -0.25) is 4.79 Å². The van der Waals surface area contributed by atoms with E-state index >= 15 is 0 Å². The van der Waals surface area contributed by atoms with Crippen molar-refractivity contribution in [2.45, 2.75) is 26.3 Å². The van der Waals surface area contributed by atoms with Crippen molar-refractivity contribution in [3.05, 3.63) is 69.2 Å². The van der Waals surface area contributed by atoms with Gasteiger partial charge in [-0.1, -0.05) is 60.0 Å². The fraction of sp³-hybridized carbons (Fsp3) is 0.263. The summed E-state index contributed by atoms with van der Waals surface area (Å²) in [5.74, 6) is -1.02. The Morgan fingerprint density at radius 1 is 1.08 bits per heavy atom. The number of hydrogen-bond donors (Lipinski definition) is 1. The molecule has 4 nitrogen and oxygen atoms in total. The van der Waals surface area contributed by atoms with E-state index in [4.69, 9.17) is 27.9 Å². The summed E-state index contributed by atoms with van der Waals surface area (Å²) in [5.41, 5.74) is 2.37. The summed E-state index contributed by atoms with van der Waals surface area (Å²) in [6, 6.07) is 12.2. The molecule has 1 atom stereocenters. The van der Waals surface area contributed by atoms with Crippen LogP contribution in [0.5, 0.6) is 0 Å². The average Bonchev–Trinajstić information content (AvgIpc) is 2.57. The van der Waals surface area contributed by atoms with Crippen molar-refractivity contribution in [2.75, 3.05) is 6.61 Å². The summed E-state index contributed by atoms with van der Waals surface area (Å²) in [4.78, 5) is 24.1. The number of hydrogen-bond acceptors (Lipinski definition) is 3. The van der Waals surface area contributed by atoms with Crippen molar-refractivity contribution in [1.82, 2.24) is 5.32 Å². The second-order valence-corrected chi connectivity index (χ2v) is 6.55. The Labute approximate surface area is 157 Å². The molecule has 0 heterocycles. The minimum atomic E-state index is -0.650. The van der Waals surface area contributed by atoms with E-state index < -0.39 is 5.97 Å².